The van der Waals surface area contributed by atoms with Gasteiger partial charge < -0.3 is 18.4 Å². The molecule has 0 unspecified atom stereocenters. The van der Waals surface area contributed by atoms with Gasteiger partial charge in [-0.25, -0.2) is 0 Å². The maximum atomic E-state index is 12.1. The van der Waals surface area contributed by atoms with E-state index in [4.69, 9.17) is 9.47 Å². The van der Waals surface area contributed by atoms with Crippen LogP contribution in [0.4, 0.5) is 0 Å². The van der Waals surface area contributed by atoms with E-state index in [0.29, 0.717) is 26.1 Å². The molecule has 238 valence electrons. The molecule has 0 N–H and O–H groups in total. The third-order valence-corrected chi connectivity index (χ3v) is 8.20. The maximum absolute atomic E-state index is 12.1. The third-order valence-electron chi connectivity index (χ3n) is 8.20. The highest BCUT2D eigenvalue weighted by Crippen LogP contribution is 2.12. The highest BCUT2D eigenvalue weighted by atomic mass is 16.5. The highest BCUT2D eigenvalue weighted by molar-refractivity contribution is 5.69. The summed E-state index contributed by atoms with van der Waals surface area (Å²) < 4.78 is 12.7. The lowest BCUT2D eigenvalue weighted by Gasteiger charge is -2.35. The van der Waals surface area contributed by atoms with E-state index < -0.39 is 0 Å². The lowest BCUT2D eigenvalue weighted by atomic mass is 10.1. The Bertz CT molecular complexity index is 555. The molecule has 0 saturated heterocycles. The molecule has 0 aromatic rings. The van der Waals surface area contributed by atoms with E-state index in [-0.39, 0.29) is 11.9 Å². The first-order valence-corrected chi connectivity index (χ1v) is 17.1. The van der Waals surface area contributed by atoms with Gasteiger partial charge in [-0.1, -0.05) is 117 Å². The van der Waals surface area contributed by atoms with Crippen molar-refractivity contribution in [2.75, 3.05) is 67.6 Å². The number of hydrogen-bond acceptors (Lipinski definition) is 4. The van der Waals surface area contributed by atoms with E-state index in [2.05, 4.69) is 42.0 Å². The van der Waals surface area contributed by atoms with Gasteiger partial charge >= 0.3 is 11.9 Å². The lowest BCUT2D eigenvalue weighted by Crippen LogP contribution is -2.52. The number of rotatable bonds is 29. The fraction of sp³-hybridized carbons (Fsp3) is 0.941. The van der Waals surface area contributed by atoms with E-state index >= 15 is 0 Å². The Morgan fingerprint density at radius 2 is 0.700 bits per heavy atom. The molecule has 0 rings (SSSR count). The number of likely N-dealkylation sites (N-methyl/N-ethyl adjacent to an activating group) is 2. The summed E-state index contributed by atoms with van der Waals surface area (Å²) in [6, 6.07) is 0. The highest BCUT2D eigenvalue weighted by Gasteiger charge is 2.23. The van der Waals surface area contributed by atoms with Crippen molar-refractivity contribution in [3.8, 4) is 0 Å². The Morgan fingerprint density at radius 3 is 1.00 bits per heavy atom. The number of unbranched alkanes of at least 4 members (excludes halogenated alkanes) is 16. The second-order valence-electron chi connectivity index (χ2n) is 13.4. The SMILES string of the molecule is CCCCCCCCCCCC(=O)OCC[N+](C)(C)CC[N+](C)(C)CCOC(=O)CCCCCCCCCCC. The molecule has 0 fully saturated rings. The van der Waals surface area contributed by atoms with Gasteiger partial charge in [0.05, 0.1) is 28.2 Å². The van der Waals surface area contributed by atoms with E-state index in [1.165, 1.54) is 89.9 Å². The lowest BCUT2D eigenvalue weighted by molar-refractivity contribution is -0.945. The summed E-state index contributed by atoms with van der Waals surface area (Å²) in [5.41, 5.74) is 0. The zero-order chi connectivity index (χ0) is 30.0. The number of ether oxygens (including phenoxy) is 2. The maximum Gasteiger partial charge on any atom is 0.305 e. The standard InChI is InChI=1S/C34H70N2O4/c1-7-9-11-13-15-17-19-21-23-25-33(37)39-31-29-35(3,4)27-28-36(5,6)30-32-40-34(38)26-24-22-20-18-16-14-12-10-8-2/h7-32H2,1-6H3/q+2. The number of hydrogen-bond donors (Lipinski definition) is 0. The van der Waals surface area contributed by atoms with Crippen LogP contribution in [0.1, 0.15) is 142 Å². The van der Waals surface area contributed by atoms with Gasteiger partial charge in [-0.05, 0) is 12.8 Å². The fourth-order valence-electron chi connectivity index (χ4n) is 4.88. The van der Waals surface area contributed by atoms with Crippen molar-refractivity contribution in [2.45, 2.75) is 142 Å². The van der Waals surface area contributed by atoms with Gasteiger partial charge in [0.2, 0.25) is 0 Å². The first-order chi connectivity index (χ1) is 19.1. The zero-order valence-electron chi connectivity index (χ0n) is 27.9. The Labute approximate surface area is 249 Å². The van der Waals surface area contributed by atoms with Gasteiger partial charge in [0, 0.05) is 12.8 Å². The Hall–Kier alpha value is -1.14. The van der Waals surface area contributed by atoms with Crippen molar-refractivity contribution in [1.82, 2.24) is 0 Å². The first kappa shape index (κ1) is 38.9. The number of esters is 2. The van der Waals surface area contributed by atoms with E-state index in [1.54, 1.807) is 0 Å². The third kappa shape index (κ3) is 27.1. The second kappa shape index (κ2) is 25.6. The van der Waals surface area contributed by atoms with Crippen LogP contribution in [-0.2, 0) is 19.1 Å². The van der Waals surface area contributed by atoms with Crippen molar-refractivity contribution < 1.29 is 28.0 Å². The van der Waals surface area contributed by atoms with Gasteiger partial charge in [0.25, 0.3) is 0 Å². The molecular formula is C34H70N2O4+2. The summed E-state index contributed by atoms with van der Waals surface area (Å²) in [4.78, 5) is 24.2. The van der Waals surface area contributed by atoms with Crippen LogP contribution < -0.4 is 0 Å². The largest absolute Gasteiger partial charge is 0.460 e. The number of nitrogens with zero attached hydrogens (tertiary/aromatic N) is 2. The number of quaternary nitrogens is 2. The van der Waals surface area contributed by atoms with Gasteiger partial charge in [0.15, 0.2) is 0 Å². The van der Waals surface area contributed by atoms with Crippen molar-refractivity contribution >= 4 is 11.9 Å². The van der Waals surface area contributed by atoms with Crippen LogP contribution >= 0.6 is 0 Å². The van der Waals surface area contributed by atoms with Crippen LogP contribution in [0.5, 0.6) is 0 Å². The molecule has 0 spiro atoms. The Balaban J connectivity index is 3.80. The van der Waals surface area contributed by atoms with E-state index in [0.717, 1.165) is 60.8 Å². The quantitative estimate of drug-likeness (QED) is 0.0518. The molecule has 40 heavy (non-hydrogen) atoms. The summed E-state index contributed by atoms with van der Waals surface area (Å²) in [5, 5.41) is 0. The molecule has 0 radical (unpaired) electrons. The Kier molecular flexibility index (Phi) is 24.8. The molecular weight excluding hydrogens is 500 g/mol. The summed E-state index contributed by atoms with van der Waals surface area (Å²) in [6.45, 7) is 9.06. The van der Waals surface area contributed by atoms with Gasteiger partial charge in [0.1, 0.15) is 39.4 Å². The molecule has 0 aromatic heterocycles. The molecule has 0 aliphatic heterocycles. The first-order valence-electron chi connectivity index (χ1n) is 17.1. The summed E-state index contributed by atoms with van der Waals surface area (Å²) in [7, 11) is 8.78. The molecule has 0 amide bonds. The predicted octanol–water partition coefficient (Wildman–Crippen LogP) is 8.07. The van der Waals surface area contributed by atoms with Crippen LogP contribution in [-0.4, -0.2) is 88.5 Å². The summed E-state index contributed by atoms with van der Waals surface area (Å²) >= 11 is 0. The fourth-order valence-corrected chi connectivity index (χ4v) is 4.88. The average molecular weight is 571 g/mol. The zero-order valence-corrected chi connectivity index (χ0v) is 27.9. The smallest absolute Gasteiger partial charge is 0.305 e. The van der Waals surface area contributed by atoms with Crippen LogP contribution in [0.2, 0.25) is 0 Å². The monoisotopic (exact) mass is 571 g/mol. The molecule has 6 heteroatoms. The Morgan fingerprint density at radius 1 is 0.425 bits per heavy atom. The minimum Gasteiger partial charge on any atom is -0.460 e. The predicted molar refractivity (Wildman–Crippen MR) is 169 cm³/mol. The minimum atomic E-state index is -0.0525. The van der Waals surface area contributed by atoms with E-state index in [1.807, 2.05) is 0 Å². The number of carbonyl (C=O) groups is 2. The molecule has 0 aliphatic carbocycles. The van der Waals surface area contributed by atoms with Crippen molar-refractivity contribution in [3.63, 3.8) is 0 Å². The van der Waals surface area contributed by atoms with Crippen molar-refractivity contribution in [3.05, 3.63) is 0 Å². The van der Waals surface area contributed by atoms with Crippen LogP contribution in [0.3, 0.4) is 0 Å². The molecule has 0 saturated carbocycles. The number of carbonyl (C=O) groups excluding carboxylic acids is 2. The molecule has 0 bridgehead atoms. The average Bonchev–Trinajstić information content (AvgIpc) is 2.90. The molecule has 0 atom stereocenters. The van der Waals surface area contributed by atoms with Crippen LogP contribution in [0.15, 0.2) is 0 Å². The molecule has 0 heterocycles. The van der Waals surface area contributed by atoms with Crippen LogP contribution in [0, 0.1) is 0 Å². The topological polar surface area (TPSA) is 52.6 Å². The molecule has 0 aliphatic rings. The van der Waals surface area contributed by atoms with Gasteiger partial charge in [-0.3, -0.25) is 9.59 Å². The van der Waals surface area contributed by atoms with Crippen LogP contribution in [0.25, 0.3) is 0 Å². The normalized spacial score (nSPS) is 12.1. The van der Waals surface area contributed by atoms with Crippen molar-refractivity contribution in [1.29, 1.82) is 0 Å². The molecule has 6 nitrogen and oxygen atoms in total. The van der Waals surface area contributed by atoms with Gasteiger partial charge in [-0.2, -0.15) is 0 Å². The van der Waals surface area contributed by atoms with Crippen molar-refractivity contribution in [2.24, 2.45) is 0 Å². The van der Waals surface area contributed by atoms with Gasteiger partial charge in [-0.15, -0.1) is 0 Å². The second-order valence-corrected chi connectivity index (χ2v) is 13.4. The summed E-state index contributed by atoms with van der Waals surface area (Å²) in [6.07, 6.45) is 23.7. The molecule has 0 aromatic carbocycles. The van der Waals surface area contributed by atoms with E-state index in [9.17, 15) is 9.59 Å². The minimum absolute atomic E-state index is 0.0525. The summed E-state index contributed by atoms with van der Waals surface area (Å²) in [5.74, 6) is -0.105.